The fraction of sp³-hybridized carbons (Fsp3) is 0.333. The van der Waals surface area contributed by atoms with Crippen LogP contribution in [0.5, 0.6) is 0 Å². The largest absolute Gasteiger partial charge is 0.369 e. The first-order chi connectivity index (χ1) is 14.6. The highest BCUT2D eigenvalue weighted by Gasteiger charge is 2.37. The quantitative estimate of drug-likeness (QED) is 0.553. The topological polar surface area (TPSA) is 40.6 Å². The smallest absolute Gasteiger partial charge is 0.293 e. The lowest BCUT2D eigenvalue weighted by atomic mass is 9.80. The normalized spacial score (nSPS) is 21.7. The summed E-state index contributed by atoms with van der Waals surface area (Å²) in [5.74, 6) is -1.05. The number of fused-ring (bicyclic) bond motifs is 1. The number of thioether (sulfide) groups is 1. The van der Waals surface area contributed by atoms with Crippen molar-refractivity contribution in [3.8, 4) is 0 Å². The Labute approximate surface area is 184 Å². The number of halogens is 2. The Morgan fingerprint density at radius 1 is 1.16 bits per heavy atom. The summed E-state index contributed by atoms with van der Waals surface area (Å²) >= 11 is 0.794. The molecular formula is C24H24F2N2O2S. The van der Waals surface area contributed by atoms with Gasteiger partial charge in [-0.2, -0.15) is 0 Å². The molecule has 1 atom stereocenters. The molecule has 7 heteroatoms. The molecule has 2 aromatic carbocycles. The summed E-state index contributed by atoms with van der Waals surface area (Å²) in [5.41, 5.74) is 2.74. The zero-order valence-corrected chi connectivity index (χ0v) is 18.7. The molecule has 0 bridgehead atoms. The number of amides is 2. The predicted molar refractivity (Wildman–Crippen MR) is 120 cm³/mol. The van der Waals surface area contributed by atoms with Crippen LogP contribution in [-0.2, 0) is 11.3 Å². The summed E-state index contributed by atoms with van der Waals surface area (Å²) in [4.78, 5) is 28.6. The van der Waals surface area contributed by atoms with E-state index in [1.165, 1.54) is 36.4 Å². The Bertz CT molecular complexity index is 1100. The first kappa shape index (κ1) is 21.6. The molecule has 2 aliphatic heterocycles. The summed E-state index contributed by atoms with van der Waals surface area (Å²) in [6.45, 7) is 6.43. The van der Waals surface area contributed by atoms with Gasteiger partial charge in [-0.25, -0.2) is 8.78 Å². The molecule has 0 saturated carbocycles. The highest BCUT2D eigenvalue weighted by atomic mass is 32.2. The molecule has 2 aromatic rings. The van der Waals surface area contributed by atoms with Crippen LogP contribution in [0.4, 0.5) is 19.3 Å². The second kappa shape index (κ2) is 7.79. The van der Waals surface area contributed by atoms with Gasteiger partial charge in [-0.05, 0) is 79.4 Å². The Morgan fingerprint density at radius 3 is 2.52 bits per heavy atom. The van der Waals surface area contributed by atoms with Crippen molar-refractivity contribution >= 4 is 34.7 Å². The minimum Gasteiger partial charge on any atom is -0.369 e. The molecule has 4 nitrogen and oxygen atoms in total. The number of hydrogen-bond acceptors (Lipinski definition) is 4. The van der Waals surface area contributed by atoms with Crippen LogP contribution in [0, 0.1) is 11.6 Å². The van der Waals surface area contributed by atoms with Crippen molar-refractivity contribution in [2.45, 2.75) is 45.2 Å². The fourth-order valence-corrected chi connectivity index (χ4v) is 5.09. The number of imide groups is 1. The molecule has 1 fully saturated rings. The zero-order chi connectivity index (χ0) is 22.5. The molecule has 2 amide bonds. The van der Waals surface area contributed by atoms with Gasteiger partial charge in [-0.15, -0.1) is 0 Å². The average Bonchev–Trinajstić information content (AvgIpc) is 2.96. The maximum atomic E-state index is 15.0. The lowest BCUT2D eigenvalue weighted by molar-refractivity contribution is -0.123. The standard InChI is InChI=1S/C24H24F2N2O2S/c1-14-12-24(2,3)27(4)20-11-19(26)16(9-18(14)20)10-21-22(29)28(23(30)31-21)13-15-5-7-17(25)8-6-15/h5-11,14H,12-13H2,1-4H3/b21-10+. The molecule has 0 spiro atoms. The van der Waals surface area contributed by atoms with E-state index in [4.69, 9.17) is 0 Å². The van der Waals surface area contributed by atoms with Gasteiger partial charge < -0.3 is 4.90 Å². The van der Waals surface area contributed by atoms with Crippen LogP contribution in [0.25, 0.3) is 6.08 Å². The minimum atomic E-state index is -0.470. The summed E-state index contributed by atoms with van der Waals surface area (Å²) in [6, 6.07) is 8.93. The van der Waals surface area contributed by atoms with E-state index < -0.39 is 17.0 Å². The Kier molecular flexibility index (Phi) is 5.41. The van der Waals surface area contributed by atoms with Gasteiger partial charge in [0.1, 0.15) is 11.6 Å². The lowest BCUT2D eigenvalue weighted by Gasteiger charge is -2.45. The number of nitrogens with zero attached hydrogens (tertiary/aromatic N) is 2. The molecular weight excluding hydrogens is 418 g/mol. The van der Waals surface area contributed by atoms with Crippen molar-refractivity contribution in [1.29, 1.82) is 0 Å². The van der Waals surface area contributed by atoms with Crippen LogP contribution in [0.3, 0.4) is 0 Å². The maximum absolute atomic E-state index is 15.0. The molecule has 4 rings (SSSR count). The van der Waals surface area contributed by atoms with E-state index in [2.05, 4.69) is 25.7 Å². The third-order valence-corrected chi connectivity index (χ3v) is 7.07. The highest BCUT2D eigenvalue weighted by molar-refractivity contribution is 8.18. The van der Waals surface area contributed by atoms with Gasteiger partial charge in [-0.3, -0.25) is 14.5 Å². The molecule has 2 aliphatic rings. The van der Waals surface area contributed by atoms with E-state index in [-0.39, 0.29) is 28.7 Å². The van der Waals surface area contributed by atoms with Crippen molar-refractivity contribution < 1.29 is 18.4 Å². The SMILES string of the molecule is CC1CC(C)(C)N(C)c2cc(F)c(/C=C3/SC(=O)N(Cc4ccc(F)cc4)C3=O)cc21. The highest BCUT2D eigenvalue weighted by Crippen LogP contribution is 2.44. The summed E-state index contributed by atoms with van der Waals surface area (Å²) < 4.78 is 28.1. The second-order valence-electron chi connectivity index (χ2n) is 8.80. The van der Waals surface area contributed by atoms with Gasteiger partial charge in [-0.1, -0.05) is 19.1 Å². The molecule has 162 valence electrons. The average molecular weight is 443 g/mol. The summed E-state index contributed by atoms with van der Waals surface area (Å²) in [6.07, 6.45) is 2.38. The molecule has 31 heavy (non-hydrogen) atoms. The molecule has 2 heterocycles. The Balaban J connectivity index is 1.63. The van der Waals surface area contributed by atoms with Crippen molar-refractivity contribution in [1.82, 2.24) is 4.90 Å². The monoisotopic (exact) mass is 442 g/mol. The van der Waals surface area contributed by atoms with E-state index in [0.717, 1.165) is 34.3 Å². The van der Waals surface area contributed by atoms with Gasteiger partial charge in [0.05, 0.1) is 11.4 Å². The fourth-order valence-electron chi connectivity index (χ4n) is 4.27. The number of anilines is 1. The summed E-state index contributed by atoms with van der Waals surface area (Å²) in [5, 5.41) is -0.422. The van der Waals surface area contributed by atoms with E-state index in [1.807, 2.05) is 7.05 Å². The van der Waals surface area contributed by atoms with E-state index in [0.29, 0.717) is 11.1 Å². The zero-order valence-electron chi connectivity index (χ0n) is 17.9. The Hall–Kier alpha value is -2.67. The van der Waals surface area contributed by atoms with Crippen LogP contribution in [-0.4, -0.2) is 28.6 Å². The van der Waals surface area contributed by atoms with Gasteiger partial charge >= 0.3 is 0 Å². The van der Waals surface area contributed by atoms with Gasteiger partial charge in [0, 0.05) is 23.8 Å². The molecule has 0 aliphatic carbocycles. The van der Waals surface area contributed by atoms with Crippen LogP contribution in [0.15, 0.2) is 41.3 Å². The lowest BCUT2D eigenvalue weighted by Crippen LogP contribution is -2.45. The van der Waals surface area contributed by atoms with Crippen molar-refractivity contribution in [3.05, 3.63) is 69.6 Å². The van der Waals surface area contributed by atoms with Crippen molar-refractivity contribution in [3.63, 3.8) is 0 Å². The third kappa shape index (κ3) is 3.99. The Morgan fingerprint density at radius 2 is 1.84 bits per heavy atom. The number of benzene rings is 2. The van der Waals surface area contributed by atoms with Crippen molar-refractivity contribution in [2.75, 3.05) is 11.9 Å². The van der Waals surface area contributed by atoms with Crippen LogP contribution in [0.2, 0.25) is 0 Å². The van der Waals surface area contributed by atoms with Gasteiger partial charge in [0.15, 0.2) is 0 Å². The first-order valence-electron chi connectivity index (χ1n) is 10.1. The third-order valence-electron chi connectivity index (χ3n) is 6.17. The number of hydrogen-bond donors (Lipinski definition) is 0. The van der Waals surface area contributed by atoms with E-state index >= 15 is 0 Å². The number of rotatable bonds is 3. The maximum Gasteiger partial charge on any atom is 0.293 e. The van der Waals surface area contributed by atoms with Gasteiger partial charge in [0.2, 0.25) is 0 Å². The number of carbonyl (C=O) groups is 2. The molecule has 1 saturated heterocycles. The van der Waals surface area contributed by atoms with E-state index in [1.54, 1.807) is 6.07 Å². The van der Waals surface area contributed by atoms with Crippen LogP contribution >= 0.6 is 11.8 Å². The van der Waals surface area contributed by atoms with Gasteiger partial charge in [0.25, 0.3) is 11.1 Å². The minimum absolute atomic E-state index is 0.0475. The molecule has 1 unspecified atom stereocenters. The van der Waals surface area contributed by atoms with Crippen LogP contribution < -0.4 is 4.90 Å². The van der Waals surface area contributed by atoms with Crippen LogP contribution in [0.1, 0.15) is 49.8 Å². The molecule has 0 radical (unpaired) electrons. The predicted octanol–water partition coefficient (Wildman–Crippen LogP) is 5.92. The second-order valence-corrected chi connectivity index (χ2v) is 9.80. The molecule has 0 N–H and O–H groups in total. The molecule has 0 aromatic heterocycles. The summed E-state index contributed by atoms with van der Waals surface area (Å²) in [7, 11) is 1.96. The van der Waals surface area contributed by atoms with Crippen molar-refractivity contribution in [2.24, 2.45) is 0 Å². The first-order valence-corrected chi connectivity index (χ1v) is 11.0. The van der Waals surface area contributed by atoms with E-state index in [9.17, 15) is 18.4 Å². The number of carbonyl (C=O) groups excluding carboxylic acids is 2.